The second-order valence-electron chi connectivity index (χ2n) is 6.28. The molecular formula is C19H28N2O2. The lowest BCUT2D eigenvalue weighted by Crippen LogP contribution is -2.40. The number of amides is 1. The molecule has 126 valence electrons. The van der Waals surface area contributed by atoms with Crippen molar-refractivity contribution in [1.82, 2.24) is 4.90 Å². The first kappa shape index (κ1) is 17.5. The van der Waals surface area contributed by atoms with Crippen LogP contribution < -0.4 is 5.32 Å². The van der Waals surface area contributed by atoms with Gasteiger partial charge in [-0.05, 0) is 36.8 Å². The third kappa shape index (κ3) is 4.58. The molecule has 1 saturated heterocycles. The summed E-state index contributed by atoms with van der Waals surface area (Å²) in [6, 6.07) is 7.71. The largest absolute Gasteiger partial charge is 0.384 e. The minimum atomic E-state index is 0.120. The highest BCUT2D eigenvalue weighted by Gasteiger charge is 2.27. The van der Waals surface area contributed by atoms with Crippen molar-refractivity contribution in [3.05, 3.63) is 42.5 Å². The van der Waals surface area contributed by atoms with Crippen LogP contribution in [-0.2, 0) is 4.74 Å². The van der Waals surface area contributed by atoms with Crippen LogP contribution in [-0.4, -0.2) is 44.2 Å². The Hall–Kier alpha value is -1.81. The van der Waals surface area contributed by atoms with Crippen LogP contribution in [0.4, 0.5) is 5.69 Å². The van der Waals surface area contributed by atoms with E-state index in [1.807, 2.05) is 29.2 Å². The van der Waals surface area contributed by atoms with Crippen molar-refractivity contribution in [2.45, 2.75) is 19.8 Å². The van der Waals surface area contributed by atoms with Crippen LogP contribution in [0.5, 0.6) is 0 Å². The minimum absolute atomic E-state index is 0.120. The normalized spacial score (nSPS) is 16.9. The molecule has 4 heteroatoms. The maximum Gasteiger partial charge on any atom is 0.255 e. The number of nitrogens with one attached hydrogen (secondary N) is 1. The number of hydrogen-bond acceptors (Lipinski definition) is 3. The summed E-state index contributed by atoms with van der Waals surface area (Å²) >= 11 is 0. The van der Waals surface area contributed by atoms with E-state index in [1.165, 1.54) is 0 Å². The molecule has 1 atom stereocenters. The number of hydrogen-bond donors (Lipinski definition) is 1. The first-order valence-electron chi connectivity index (χ1n) is 8.39. The number of para-hydroxylation sites is 1. The molecule has 0 aromatic heterocycles. The van der Waals surface area contributed by atoms with Crippen LogP contribution in [0.15, 0.2) is 36.9 Å². The van der Waals surface area contributed by atoms with E-state index in [2.05, 4.69) is 18.8 Å². The van der Waals surface area contributed by atoms with E-state index in [9.17, 15) is 4.79 Å². The van der Waals surface area contributed by atoms with E-state index in [1.54, 1.807) is 13.2 Å². The average Bonchev–Trinajstić information content (AvgIpc) is 2.60. The summed E-state index contributed by atoms with van der Waals surface area (Å²) in [6.45, 7) is 9.05. The Balaban J connectivity index is 1.98. The predicted molar refractivity (Wildman–Crippen MR) is 94.8 cm³/mol. The van der Waals surface area contributed by atoms with Gasteiger partial charge in [0.1, 0.15) is 0 Å². The van der Waals surface area contributed by atoms with Gasteiger partial charge in [-0.15, -0.1) is 6.58 Å². The molecule has 1 aliphatic heterocycles. The SMILES string of the molecule is C=CCNc1ccccc1C(=O)N1CCC([C@H](C)COC)CC1. The number of ether oxygens (including phenoxy) is 1. The summed E-state index contributed by atoms with van der Waals surface area (Å²) in [4.78, 5) is 14.8. The quantitative estimate of drug-likeness (QED) is 0.784. The van der Waals surface area contributed by atoms with Gasteiger partial charge in [-0.3, -0.25) is 4.79 Å². The van der Waals surface area contributed by atoms with E-state index >= 15 is 0 Å². The lowest BCUT2D eigenvalue weighted by atomic mass is 9.85. The maximum absolute atomic E-state index is 12.8. The number of methoxy groups -OCH3 is 1. The second-order valence-corrected chi connectivity index (χ2v) is 6.28. The fraction of sp³-hybridized carbons (Fsp3) is 0.526. The number of rotatable bonds is 7. The minimum Gasteiger partial charge on any atom is -0.384 e. The van der Waals surface area contributed by atoms with Gasteiger partial charge >= 0.3 is 0 Å². The first-order chi connectivity index (χ1) is 11.2. The molecule has 0 saturated carbocycles. The molecule has 0 spiro atoms. The smallest absolute Gasteiger partial charge is 0.255 e. The van der Waals surface area contributed by atoms with Crippen LogP contribution in [0.3, 0.4) is 0 Å². The number of benzene rings is 1. The third-order valence-corrected chi connectivity index (χ3v) is 4.66. The zero-order valence-electron chi connectivity index (χ0n) is 14.3. The maximum atomic E-state index is 12.8. The number of nitrogens with zero attached hydrogens (tertiary/aromatic N) is 1. The molecule has 0 radical (unpaired) electrons. The van der Waals surface area contributed by atoms with Crippen LogP contribution in [0, 0.1) is 11.8 Å². The molecule has 1 aromatic carbocycles. The molecule has 0 aliphatic carbocycles. The van der Waals surface area contributed by atoms with Crippen molar-refractivity contribution in [2.24, 2.45) is 11.8 Å². The van der Waals surface area contributed by atoms with Crippen LogP contribution in [0.2, 0.25) is 0 Å². The van der Waals surface area contributed by atoms with Gasteiger partial charge in [0.25, 0.3) is 5.91 Å². The summed E-state index contributed by atoms with van der Waals surface area (Å²) < 4.78 is 5.26. The van der Waals surface area contributed by atoms with Crippen LogP contribution >= 0.6 is 0 Å². The van der Waals surface area contributed by atoms with Crippen molar-refractivity contribution < 1.29 is 9.53 Å². The number of anilines is 1. The molecule has 23 heavy (non-hydrogen) atoms. The fourth-order valence-corrected chi connectivity index (χ4v) is 3.25. The summed E-state index contributed by atoms with van der Waals surface area (Å²) in [5.74, 6) is 1.32. The van der Waals surface area contributed by atoms with E-state index < -0.39 is 0 Å². The van der Waals surface area contributed by atoms with E-state index in [-0.39, 0.29) is 5.91 Å². The summed E-state index contributed by atoms with van der Waals surface area (Å²) in [7, 11) is 1.75. The van der Waals surface area contributed by atoms with Gasteiger partial charge in [-0.2, -0.15) is 0 Å². The predicted octanol–water partition coefficient (Wildman–Crippen LogP) is 3.42. The average molecular weight is 316 g/mol. The van der Waals surface area contributed by atoms with Gasteiger partial charge in [0, 0.05) is 39.0 Å². The van der Waals surface area contributed by atoms with E-state index in [0.717, 1.165) is 43.8 Å². The Morgan fingerprint density at radius 3 is 2.78 bits per heavy atom. The van der Waals surface area contributed by atoms with Gasteiger partial charge < -0.3 is 15.0 Å². The molecule has 0 bridgehead atoms. The van der Waals surface area contributed by atoms with Crippen LogP contribution in [0.25, 0.3) is 0 Å². The number of likely N-dealkylation sites (tertiary alicyclic amines) is 1. The fourth-order valence-electron chi connectivity index (χ4n) is 3.25. The molecule has 4 nitrogen and oxygen atoms in total. The standard InChI is InChI=1S/C19H28N2O2/c1-4-11-20-18-8-6-5-7-17(18)19(22)21-12-9-16(10-13-21)15(2)14-23-3/h4-8,15-16,20H,1,9-14H2,2-3H3/t15-/m1/s1. The highest BCUT2D eigenvalue weighted by molar-refractivity contribution is 5.99. The zero-order valence-corrected chi connectivity index (χ0v) is 14.3. The number of carbonyl (C=O) groups excluding carboxylic acids is 1. The van der Waals surface area contributed by atoms with Crippen molar-refractivity contribution in [3.8, 4) is 0 Å². The number of piperidine rings is 1. The Morgan fingerprint density at radius 2 is 2.13 bits per heavy atom. The third-order valence-electron chi connectivity index (χ3n) is 4.66. The lowest BCUT2D eigenvalue weighted by molar-refractivity contribution is 0.0599. The second kappa shape index (κ2) is 8.73. The molecule has 1 aliphatic rings. The highest BCUT2D eigenvalue weighted by Crippen LogP contribution is 2.27. The summed E-state index contributed by atoms with van der Waals surface area (Å²) in [5.41, 5.74) is 1.63. The topological polar surface area (TPSA) is 41.6 Å². The van der Waals surface area contributed by atoms with Gasteiger partial charge in [0.15, 0.2) is 0 Å². The molecule has 1 aromatic rings. The van der Waals surface area contributed by atoms with Crippen LogP contribution in [0.1, 0.15) is 30.1 Å². The van der Waals surface area contributed by atoms with E-state index in [0.29, 0.717) is 18.4 Å². The number of carbonyl (C=O) groups is 1. The van der Waals surface area contributed by atoms with Gasteiger partial charge in [-0.25, -0.2) is 0 Å². The Kier molecular flexibility index (Phi) is 6.66. The molecule has 1 heterocycles. The summed E-state index contributed by atoms with van der Waals surface area (Å²) in [5, 5.41) is 3.24. The molecule has 2 rings (SSSR count). The van der Waals surface area contributed by atoms with Crippen molar-refractivity contribution in [1.29, 1.82) is 0 Å². The molecule has 1 fully saturated rings. The van der Waals surface area contributed by atoms with Crippen molar-refractivity contribution >= 4 is 11.6 Å². The Labute approximate surface area is 139 Å². The van der Waals surface area contributed by atoms with E-state index in [4.69, 9.17) is 4.74 Å². The highest BCUT2D eigenvalue weighted by atomic mass is 16.5. The Bertz CT molecular complexity index is 522. The first-order valence-corrected chi connectivity index (χ1v) is 8.39. The summed E-state index contributed by atoms with van der Waals surface area (Å²) in [6.07, 6.45) is 3.90. The van der Waals surface area contributed by atoms with Gasteiger partial charge in [-0.1, -0.05) is 25.1 Å². The van der Waals surface area contributed by atoms with Gasteiger partial charge in [0.2, 0.25) is 0 Å². The molecular weight excluding hydrogens is 288 g/mol. The molecule has 1 N–H and O–H groups in total. The Morgan fingerprint density at radius 1 is 1.43 bits per heavy atom. The monoisotopic (exact) mass is 316 g/mol. The molecule has 1 amide bonds. The lowest BCUT2D eigenvalue weighted by Gasteiger charge is -2.35. The molecule has 0 unspecified atom stereocenters. The van der Waals surface area contributed by atoms with Gasteiger partial charge in [0.05, 0.1) is 5.56 Å². The van der Waals surface area contributed by atoms with Crippen molar-refractivity contribution in [3.63, 3.8) is 0 Å². The zero-order chi connectivity index (χ0) is 16.7. The van der Waals surface area contributed by atoms with Crippen molar-refractivity contribution in [2.75, 3.05) is 38.7 Å².